The van der Waals surface area contributed by atoms with Gasteiger partial charge in [-0.25, -0.2) is 17.6 Å². The molecule has 2 saturated carbocycles. The van der Waals surface area contributed by atoms with Gasteiger partial charge in [0.2, 0.25) is 0 Å². The van der Waals surface area contributed by atoms with Gasteiger partial charge in [-0.1, -0.05) is 103 Å². The first kappa shape index (κ1) is 52.0. The molecule has 15 heteroatoms. The van der Waals surface area contributed by atoms with Crippen LogP contribution in [0.2, 0.25) is 0 Å². The Morgan fingerprint density at radius 1 is 0.468 bits per heavy atom. The number of hydrogen-bond acceptors (Lipinski definition) is 0. The summed E-state index contributed by atoms with van der Waals surface area (Å²) in [4.78, 5) is 0. The third-order valence-corrected chi connectivity index (χ3v) is 13.9. The van der Waals surface area contributed by atoms with Gasteiger partial charge in [0.25, 0.3) is 0 Å². The Morgan fingerprint density at radius 2 is 0.790 bits per heavy atom. The van der Waals surface area contributed by atoms with Crippen LogP contribution in [0.1, 0.15) is 177 Å². The first-order valence-corrected chi connectivity index (χ1v) is 22.5. The highest BCUT2D eigenvalue weighted by atomic mass is 19.4. The molecule has 0 bridgehead atoms. The first-order valence-electron chi connectivity index (χ1n) is 22.5. The van der Waals surface area contributed by atoms with E-state index in [0.29, 0.717) is 30.9 Å². The number of alkyl halides is 11. The Morgan fingerprint density at radius 3 is 1.13 bits per heavy atom. The fourth-order valence-corrected chi connectivity index (χ4v) is 9.72. The number of unbranched alkanes of at least 4 members (excludes halogenated alkanes) is 8. The second kappa shape index (κ2) is 22.1. The molecule has 0 radical (unpaired) electrons. The van der Waals surface area contributed by atoms with E-state index in [2.05, 4.69) is 6.92 Å². The quantitative estimate of drug-likeness (QED) is 0.0770. The van der Waals surface area contributed by atoms with Gasteiger partial charge in [0.15, 0.2) is 0 Å². The van der Waals surface area contributed by atoms with Gasteiger partial charge in [-0.3, -0.25) is 0 Å². The molecule has 2 aliphatic rings. The monoisotopic (exact) mass is 910 g/mol. The average molecular weight is 911 g/mol. The van der Waals surface area contributed by atoms with Crippen LogP contribution in [-0.4, -0.2) is 11.8 Å². The van der Waals surface area contributed by atoms with Crippen molar-refractivity contribution >= 4 is 0 Å². The summed E-state index contributed by atoms with van der Waals surface area (Å²) in [5, 5.41) is 0. The van der Waals surface area contributed by atoms with E-state index in [1.807, 2.05) is 0 Å². The Labute approximate surface area is 356 Å². The number of halogens is 15. The normalized spacial score (nSPS) is 21.4. The van der Waals surface area contributed by atoms with Gasteiger partial charge in [-0.15, -0.1) is 0 Å². The van der Waals surface area contributed by atoms with Crippen molar-refractivity contribution in [1.29, 1.82) is 0 Å². The van der Waals surface area contributed by atoms with Crippen molar-refractivity contribution in [2.45, 2.75) is 191 Å². The summed E-state index contributed by atoms with van der Waals surface area (Å²) in [7, 11) is 0. The Kier molecular flexibility index (Phi) is 18.5. The summed E-state index contributed by atoms with van der Waals surface area (Å²) < 4.78 is 214. The molecule has 1 unspecified atom stereocenters. The predicted molar refractivity (Wildman–Crippen MR) is 209 cm³/mol. The third-order valence-electron chi connectivity index (χ3n) is 13.9. The summed E-state index contributed by atoms with van der Waals surface area (Å²) >= 11 is 0. The van der Waals surface area contributed by atoms with E-state index in [1.54, 1.807) is 0 Å². The van der Waals surface area contributed by atoms with Gasteiger partial charge in [0.1, 0.15) is 28.8 Å². The summed E-state index contributed by atoms with van der Waals surface area (Å²) in [6.07, 6.45) is 10.5. The van der Waals surface area contributed by atoms with E-state index in [1.165, 1.54) is 0 Å². The van der Waals surface area contributed by atoms with E-state index >= 15 is 17.6 Å². The first-order chi connectivity index (χ1) is 28.9. The third kappa shape index (κ3) is 12.8. The van der Waals surface area contributed by atoms with Gasteiger partial charge in [0.05, 0.1) is 0 Å². The molecule has 2 aliphatic carbocycles. The average Bonchev–Trinajstić information content (AvgIpc) is 3.20. The van der Waals surface area contributed by atoms with E-state index < -0.39 is 87.2 Å². The van der Waals surface area contributed by atoms with Gasteiger partial charge in [-0.2, -0.15) is 48.3 Å². The van der Waals surface area contributed by atoms with Crippen molar-refractivity contribution in [1.82, 2.24) is 0 Å². The zero-order valence-electron chi connectivity index (χ0n) is 35.6. The molecule has 0 aliphatic heterocycles. The van der Waals surface area contributed by atoms with Crippen LogP contribution in [0.4, 0.5) is 65.9 Å². The lowest BCUT2D eigenvalue weighted by Gasteiger charge is -2.37. The molecular weight excluding hydrogens is 849 g/mol. The fourth-order valence-electron chi connectivity index (χ4n) is 9.72. The molecule has 0 spiro atoms. The van der Waals surface area contributed by atoms with Crippen molar-refractivity contribution < 1.29 is 65.9 Å². The molecule has 0 N–H and O–H groups in total. The smallest absolute Gasteiger partial charge is 0.207 e. The molecule has 2 aromatic rings. The summed E-state index contributed by atoms with van der Waals surface area (Å²) in [5.74, 6) is -28.7. The minimum Gasteiger partial charge on any atom is -0.207 e. The lowest BCUT2D eigenvalue weighted by atomic mass is 9.75. The van der Waals surface area contributed by atoms with Crippen LogP contribution in [0.3, 0.4) is 0 Å². The van der Waals surface area contributed by atoms with E-state index in [4.69, 9.17) is 0 Å². The maximum absolute atomic E-state index is 15.0. The van der Waals surface area contributed by atoms with Crippen LogP contribution < -0.4 is 0 Å². The molecule has 1 atom stereocenters. The topological polar surface area (TPSA) is 0 Å². The summed E-state index contributed by atoms with van der Waals surface area (Å²) in [5.41, 5.74) is -6.08. The Balaban J connectivity index is 1.02. The van der Waals surface area contributed by atoms with Gasteiger partial charge in [-0.05, 0) is 100 Å². The molecule has 0 saturated heterocycles. The van der Waals surface area contributed by atoms with Crippen molar-refractivity contribution in [2.75, 3.05) is 0 Å². The molecule has 62 heavy (non-hydrogen) atoms. The van der Waals surface area contributed by atoms with Crippen LogP contribution >= 0.6 is 0 Å². The molecule has 0 nitrogen and oxygen atoms in total. The van der Waals surface area contributed by atoms with Crippen molar-refractivity contribution in [3.8, 4) is 0 Å². The fraction of sp³-hybridized carbons (Fsp3) is 0.745. The minimum absolute atomic E-state index is 0.0657. The molecule has 2 fully saturated rings. The SMILES string of the molecule is CCC(CCCCCCCC1CCC(C(F)(F)C(F)(F)c2cc(F)c(C)c(F)c2)CC1)CCCCCCCC1CCC(C(F)(F)C(F)(F)c2cc(F)c(C(F)(F)F)c(F)c2)CC1. The zero-order chi connectivity index (χ0) is 46.1. The maximum atomic E-state index is 15.0. The second-order valence-corrected chi connectivity index (χ2v) is 18.2. The molecule has 0 heterocycles. The Hall–Kier alpha value is -2.61. The number of rotatable bonds is 23. The van der Waals surface area contributed by atoms with Crippen molar-refractivity contribution in [3.63, 3.8) is 0 Å². The van der Waals surface area contributed by atoms with E-state index in [-0.39, 0.29) is 62.5 Å². The molecule has 4 rings (SSSR count). The Bertz CT molecular complexity index is 1640. The molecule has 0 amide bonds. The van der Waals surface area contributed by atoms with Crippen LogP contribution in [0.25, 0.3) is 0 Å². The zero-order valence-corrected chi connectivity index (χ0v) is 35.6. The standard InChI is InChI=1S/C47H61F15/c1-3-31(14-10-6-4-8-12-16-32-18-22-34(23-19-32)43(52,53)45(56,57)36-26-38(48)30(2)39(49)27-36)15-11-7-5-9-13-17-33-20-24-35(25-21-33)44(54,55)46(58,59)37-28-40(50)42(41(51)29-37)47(60,61)62/h26-29,31-35H,3-25H2,1-2H3. The minimum atomic E-state index is -5.52. The largest absolute Gasteiger partial charge is 0.422 e. The molecule has 0 aromatic heterocycles. The highest BCUT2D eigenvalue weighted by Crippen LogP contribution is 2.54. The van der Waals surface area contributed by atoms with Crippen molar-refractivity contribution in [3.05, 3.63) is 69.8 Å². The van der Waals surface area contributed by atoms with Gasteiger partial charge < -0.3 is 0 Å². The van der Waals surface area contributed by atoms with Crippen LogP contribution in [0.5, 0.6) is 0 Å². The highest BCUT2D eigenvalue weighted by Gasteiger charge is 2.63. The number of hydrogen-bond donors (Lipinski definition) is 0. The molecule has 2 aromatic carbocycles. The number of benzene rings is 2. The predicted octanol–water partition coefficient (Wildman–Crippen LogP) is 17.8. The molecule has 354 valence electrons. The second-order valence-electron chi connectivity index (χ2n) is 18.2. The van der Waals surface area contributed by atoms with Gasteiger partial charge >= 0.3 is 29.9 Å². The lowest BCUT2D eigenvalue weighted by Crippen LogP contribution is -2.46. The van der Waals surface area contributed by atoms with E-state index in [9.17, 15) is 48.3 Å². The maximum Gasteiger partial charge on any atom is 0.422 e. The highest BCUT2D eigenvalue weighted by molar-refractivity contribution is 5.33. The lowest BCUT2D eigenvalue weighted by molar-refractivity contribution is -0.249. The van der Waals surface area contributed by atoms with Crippen LogP contribution in [-0.2, 0) is 18.0 Å². The van der Waals surface area contributed by atoms with Gasteiger partial charge in [0, 0.05) is 28.5 Å². The molecular formula is C47H61F15. The van der Waals surface area contributed by atoms with E-state index in [0.717, 1.165) is 103 Å². The van der Waals surface area contributed by atoms with Crippen LogP contribution in [0, 0.1) is 59.8 Å². The summed E-state index contributed by atoms with van der Waals surface area (Å²) in [6, 6.07) is -0.123. The summed E-state index contributed by atoms with van der Waals surface area (Å²) in [6.45, 7) is 3.23. The van der Waals surface area contributed by atoms with Crippen LogP contribution in [0.15, 0.2) is 24.3 Å². The van der Waals surface area contributed by atoms with Crippen molar-refractivity contribution in [2.24, 2.45) is 29.6 Å².